The van der Waals surface area contributed by atoms with E-state index in [1.807, 2.05) is 11.9 Å². The Hall–Kier alpha value is -2.00. The van der Waals surface area contributed by atoms with Crippen LogP contribution in [0.15, 0.2) is 36.6 Å². The maximum atomic E-state index is 8.39. The minimum atomic E-state index is 0.100. The first-order valence-corrected chi connectivity index (χ1v) is 3.74. The standard InChI is InChI=1S/C10H11N3/c1-3-6-13(2)7-4-5-10(8-11)9-12/h3-5,7H,1,6H2,2H3/b7-4+. The summed E-state index contributed by atoms with van der Waals surface area (Å²) < 4.78 is 0. The molecule has 0 bridgehead atoms. The van der Waals surface area contributed by atoms with Crippen molar-refractivity contribution in [2.45, 2.75) is 0 Å². The molecule has 0 fully saturated rings. The summed E-state index contributed by atoms with van der Waals surface area (Å²) in [5, 5.41) is 16.8. The number of hydrogen-bond donors (Lipinski definition) is 0. The van der Waals surface area contributed by atoms with Gasteiger partial charge in [0.05, 0.1) is 0 Å². The Morgan fingerprint density at radius 2 is 2.08 bits per heavy atom. The zero-order valence-corrected chi connectivity index (χ0v) is 7.57. The van der Waals surface area contributed by atoms with Crippen LogP contribution < -0.4 is 0 Å². The van der Waals surface area contributed by atoms with Gasteiger partial charge in [0.15, 0.2) is 0 Å². The number of rotatable bonds is 4. The normalized spacial score (nSPS) is 8.54. The van der Waals surface area contributed by atoms with Crippen LogP contribution in [0.1, 0.15) is 0 Å². The molecule has 0 aromatic heterocycles. The smallest absolute Gasteiger partial charge is 0.129 e. The van der Waals surface area contributed by atoms with E-state index in [9.17, 15) is 0 Å². The highest BCUT2D eigenvalue weighted by atomic mass is 15.1. The van der Waals surface area contributed by atoms with Crippen LogP contribution in [-0.4, -0.2) is 18.5 Å². The van der Waals surface area contributed by atoms with E-state index in [-0.39, 0.29) is 5.57 Å². The summed E-state index contributed by atoms with van der Waals surface area (Å²) in [4.78, 5) is 1.88. The second-order valence-corrected chi connectivity index (χ2v) is 2.37. The topological polar surface area (TPSA) is 50.8 Å². The van der Waals surface area contributed by atoms with Crippen molar-refractivity contribution >= 4 is 0 Å². The molecule has 13 heavy (non-hydrogen) atoms. The Balaban J connectivity index is 4.16. The third kappa shape index (κ3) is 5.29. The predicted molar refractivity (Wildman–Crippen MR) is 51.3 cm³/mol. The molecule has 0 aliphatic rings. The van der Waals surface area contributed by atoms with Gasteiger partial charge in [0, 0.05) is 13.6 Å². The summed E-state index contributed by atoms with van der Waals surface area (Å²) in [5.41, 5.74) is 0.100. The molecular weight excluding hydrogens is 162 g/mol. The molecule has 0 saturated heterocycles. The summed E-state index contributed by atoms with van der Waals surface area (Å²) >= 11 is 0. The third-order valence-electron chi connectivity index (χ3n) is 1.26. The second kappa shape index (κ2) is 6.69. The molecular formula is C10H11N3. The summed E-state index contributed by atoms with van der Waals surface area (Å²) in [5.74, 6) is 0. The molecule has 66 valence electrons. The van der Waals surface area contributed by atoms with Crippen LogP contribution in [0.3, 0.4) is 0 Å². The highest BCUT2D eigenvalue weighted by molar-refractivity contribution is 5.37. The molecule has 0 spiro atoms. The maximum absolute atomic E-state index is 8.39. The van der Waals surface area contributed by atoms with E-state index < -0.39 is 0 Å². The van der Waals surface area contributed by atoms with Crippen molar-refractivity contribution in [2.75, 3.05) is 13.6 Å². The van der Waals surface area contributed by atoms with Gasteiger partial charge in [0.1, 0.15) is 17.7 Å². The molecule has 0 amide bonds. The summed E-state index contributed by atoms with van der Waals surface area (Å²) in [6.07, 6.45) is 6.67. The van der Waals surface area contributed by atoms with Crippen molar-refractivity contribution in [1.82, 2.24) is 4.90 Å². The van der Waals surface area contributed by atoms with Crippen molar-refractivity contribution in [3.8, 4) is 12.1 Å². The lowest BCUT2D eigenvalue weighted by molar-refractivity contribution is 0.510. The fraction of sp³-hybridized carbons (Fsp3) is 0.200. The molecule has 0 aromatic carbocycles. The molecule has 0 rings (SSSR count). The highest BCUT2D eigenvalue weighted by Crippen LogP contribution is 1.91. The average molecular weight is 173 g/mol. The van der Waals surface area contributed by atoms with E-state index in [0.717, 1.165) is 6.54 Å². The Bertz CT molecular complexity index is 283. The van der Waals surface area contributed by atoms with Crippen molar-refractivity contribution in [1.29, 1.82) is 10.5 Å². The Kier molecular flexibility index (Phi) is 5.66. The monoisotopic (exact) mass is 173 g/mol. The predicted octanol–water partition coefficient (Wildman–Crippen LogP) is 1.59. The molecule has 0 heterocycles. The molecule has 0 radical (unpaired) electrons. The first kappa shape index (κ1) is 11.0. The number of nitrogens with zero attached hydrogens (tertiary/aromatic N) is 3. The second-order valence-electron chi connectivity index (χ2n) is 2.37. The van der Waals surface area contributed by atoms with Crippen molar-refractivity contribution < 1.29 is 0 Å². The van der Waals surface area contributed by atoms with Crippen LogP contribution in [0, 0.1) is 22.7 Å². The van der Waals surface area contributed by atoms with E-state index in [4.69, 9.17) is 10.5 Å². The summed E-state index contributed by atoms with van der Waals surface area (Å²) in [6.45, 7) is 4.32. The van der Waals surface area contributed by atoms with Gasteiger partial charge in [-0.05, 0) is 18.4 Å². The van der Waals surface area contributed by atoms with E-state index in [1.165, 1.54) is 6.08 Å². The van der Waals surface area contributed by atoms with Crippen LogP contribution in [0.5, 0.6) is 0 Å². The van der Waals surface area contributed by atoms with Crippen LogP contribution in [0.25, 0.3) is 0 Å². The zero-order chi connectivity index (χ0) is 10.1. The van der Waals surface area contributed by atoms with Gasteiger partial charge < -0.3 is 4.90 Å². The number of likely N-dealkylation sites (N-methyl/N-ethyl adjacent to an activating group) is 1. The molecule has 0 atom stereocenters. The van der Waals surface area contributed by atoms with Gasteiger partial charge in [0.25, 0.3) is 0 Å². The molecule has 0 saturated carbocycles. The van der Waals surface area contributed by atoms with Gasteiger partial charge in [-0.3, -0.25) is 0 Å². The van der Waals surface area contributed by atoms with Gasteiger partial charge in [-0.1, -0.05) is 6.08 Å². The number of allylic oxidation sites excluding steroid dienone is 3. The van der Waals surface area contributed by atoms with E-state index in [0.29, 0.717) is 0 Å². The molecule has 0 aromatic rings. The fourth-order valence-corrected chi connectivity index (χ4v) is 0.650. The fourth-order valence-electron chi connectivity index (χ4n) is 0.650. The first-order chi connectivity index (χ1) is 6.24. The summed E-state index contributed by atoms with van der Waals surface area (Å²) in [6, 6.07) is 3.54. The SMILES string of the molecule is C=CCN(C)/C=C/C=C(C#N)C#N. The van der Waals surface area contributed by atoms with E-state index in [1.54, 1.807) is 30.5 Å². The van der Waals surface area contributed by atoms with Gasteiger partial charge in [0.2, 0.25) is 0 Å². The van der Waals surface area contributed by atoms with Gasteiger partial charge in [-0.25, -0.2) is 0 Å². The van der Waals surface area contributed by atoms with E-state index in [2.05, 4.69) is 6.58 Å². The first-order valence-electron chi connectivity index (χ1n) is 3.74. The average Bonchev–Trinajstić information content (AvgIpc) is 2.13. The Morgan fingerprint density at radius 1 is 1.46 bits per heavy atom. The molecule has 3 heteroatoms. The summed E-state index contributed by atoms with van der Waals surface area (Å²) in [7, 11) is 1.88. The molecule has 3 nitrogen and oxygen atoms in total. The minimum absolute atomic E-state index is 0.100. The molecule has 0 unspecified atom stereocenters. The van der Waals surface area contributed by atoms with Gasteiger partial charge in [-0.2, -0.15) is 10.5 Å². The quantitative estimate of drug-likeness (QED) is 0.368. The van der Waals surface area contributed by atoms with Crippen LogP contribution in [0.2, 0.25) is 0 Å². The van der Waals surface area contributed by atoms with Crippen LogP contribution in [0.4, 0.5) is 0 Å². The zero-order valence-electron chi connectivity index (χ0n) is 7.57. The molecule has 0 aliphatic heterocycles. The van der Waals surface area contributed by atoms with Gasteiger partial charge >= 0.3 is 0 Å². The lowest BCUT2D eigenvalue weighted by Gasteiger charge is -2.08. The number of nitriles is 2. The lowest BCUT2D eigenvalue weighted by Crippen LogP contribution is -2.08. The van der Waals surface area contributed by atoms with Crippen LogP contribution >= 0.6 is 0 Å². The van der Waals surface area contributed by atoms with Gasteiger partial charge in [-0.15, -0.1) is 6.58 Å². The highest BCUT2D eigenvalue weighted by Gasteiger charge is 1.87. The van der Waals surface area contributed by atoms with Crippen LogP contribution in [-0.2, 0) is 0 Å². The lowest BCUT2D eigenvalue weighted by atomic mass is 10.3. The molecule has 0 aliphatic carbocycles. The largest absolute Gasteiger partial charge is 0.377 e. The third-order valence-corrected chi connectivity index (χ3v) is 1.26. The minimum Gasteiger partial charge on any atom is -0.377 e. The number of hydrogen-bond acceptors (Lipinski definition) is 3. The van der Waals surface area contributed by atoms with Crippen molar-refractivity contribution in [3.63, 3.8) is 0 Å². The van der Waals surface area contributed by atoms with Crippen molar-refractivity contribution in [2.24, 2.45) is 0 Å². The Morgan fingerprint density at radius 3 is 2.54 bits per heavy atom. The molecule has 0 N–H and O–H groups in total. The maximum Gasteiger partial charge on any atom is 0.129 e. The Labute approximate surface area is 78.5 Å². The van der Waals surface area contributed by atoms with E-state index >= 15 is 0 Å². The van der Waals surface area contributed by atoms with Crippen molar-refractivity contribution in [3.05, 3.63) is 36.6 Å².